The standard InChI is InChI=1S/C12H15IO3/c1-14-10-4-2-9(3-5-10)6-16-12-8-15-7-11(12)13/h2-5,11-12H,6-8H2,1H3. The van der Waals surface area contributed by atoms with Gasteiger partial charge in [0.15, 0.2) is 0 Å². The van der Waals surface area contributed by atoms with E-state index in [0.717, 1.165) is 17.9 Å². The molecular formula is C12H15IO3. The monoisotopic (exact) mass is 334 g/mol. The van der Waals surface area contributed by atoms with Crippen LogP contribution in [-0.2, 0) is 16.1 Å². The molecule has 2 rings (SSSR count). The summed E-state index contributed by atoms with van der Waals surface area (Å²) in [5.74, 6) is 0.875. The highest BCUT2D eigenvalue weighted by atomic mass is 127. The molecule has 4 heteroatoms. The van der Waals surface area contributed by atoms with Gasteiger partial charge in [0.25, 0.3) is 0 Å². The summed E-state index contributed by atoms with van der Waals surface area (Å²) in [6, 6.07) is 7.95. The minimum Gasteiger partial charge on any atom is -0.497 e. The van der Waals surface area contributed by atoms with Gasteiger partial charge in [-0.1, -0.05) is 34.7 Å². The molecule has 0 amide bonds. The fraction of sp³-hybridized carbons (Fsp3) is 0.500. The van der Waals surface area contributed by atoms with Gasteiger partial charge >= 0.3 is 0 Å². The summed E-state index contributed by atoms with van der Waals surface area (Å²) in [7, 11) is 1.67. The van der Waals surface area contributed by atoms with Crippen molar-refractivity contribution in [2.45, 2.75) is 16.6 Å². The van der Waals surface area contributed by atoms with Crippen LogP contribution in [0.15, 0.2) is 24.3 Å². The highest BCUT2D eigenvalue weighted by molar-refractivity contribution is 14.1. The van der Waals surface area contributed by atoms with Crippen molar-refractivity contribution in [3.05, 3.63) is 29.8 Å². The molecule has 88 valence electrons. The fourth-order valence-electron chi connectivity index (χ4n) is 1.59. The largest absolute Gasteiger partial charge is 0.497 e. The van der Waals surface area contributed by atoms with Crippen LogP contribution in [0.25, 0.3) is 0 Å². The molecule has 0 aliphatic carbocycles. The van der Waals surface area contributed by atoms with Crippen molar-refractivity contribution in [3.63, 3.8) is 0 Å². The summed E-state index contributed by atoms with van der Waals surface area (Å²) in [4.78, 5) is 0. The Morgan fingerprint density at radius 2 is 2.06 bits per heavy atom. The quantitative estimate of drug-likeness (QED) is 0.625. The predicted octanol–water partition coefficient (Wildman–Crippen LogP) is 2.41. The number of hydrogen-bond donors (Lipinski definition) is 0. The molecule has 3 nitrogen and oxygen atoms in total. The molecule has 0 radical (unpaired) electrons. The van der Waals surface area contributed by atoms with E-state index >= 15 is 0 Å². The first-order valence-corrected chi connectivity index (χ1v) is 6.50. The molecule has 0 spiro atoms. The topological polar surface area (TPSA) is 27.7 Å². The van der Waals surface area contributed by atoms with E-state index < -0.39 is 0 Å². The number of hydrogen-bond acceptors (Lipinski definition) is 3. The Morgan fingerprint density at radius 1 is 1.31 bits per heavy atom. The van der Waals surface area contributed by atoms with Gasteiger partial charge in [-0.15, -0.1) is 0 Å². The Labute approximate surface area is 109 Å². The zero-order chi connectivity index (χ0) is 11.4. The van der Waals surface area contributed by atoms with Gasteiger partial charge in [-0.25, -0.2) is 0 Å². The molecule has 0 aromatic heterocycles. The molecule has 1 heterocycles. The first kappa shape index (κ1) is 12.1. The van der Waals surface area contributed by atoms with E-state index in [0.29, 0.717) is 17.1 Å². The summed E-state index contributed by atoms with van der Waals surface area (Å²) < 4.78 is 16.7. The fourth-order valence-corrected chi connectivity index (χ4v) is 2.26. The third kappa shape index (κ3) is 3.09. The number of alkyl halides is 1. The van der Waals surface area contributed by atoms with Gasteiger partial charge in [-0.2, -0.15) is 0 Å². The first-order chi connectivity index (χ1) is 7.79. The summed E-state index contributed by atoms with van der Waals surface area (Å²) in [6.07, 6.45) is 0.225. The second-order valence-corrected chi connectivity index (χ2v) is 5.35. The van der Waals surface area contributed by atoms with E-state index in [9.17, 15) is 0 Å². The van der Waals surface area contributed by atoms with E-state index in [2.05, 4.69) is 22.6 Å². The van der Waals surface area contributed by atoms with Crippen molar-refractivity contribution >= 4 is 22.6 Å². The lowest BCUT2D eigenvalue weighted by Crippen LogP contribution is -2.21. The number of methoxy groups -OCH3 is 1. The predicted molar refractivity (Wildman–Crippen MR) is 70.2 cm³/mol. The minimum atomic E-state index is 0.225. The molecular weight excluding hydrogens is 319 g/mol. The highest BCUT2D eigenvalue weighted by Gasteiger charge is 2.26. The maximum atomic E-state index is 5.80. The van der Waals surface area contributed by atoms with Crippen molar-refractivity contribution in [3.8, 4) is 5.75 Å². The first-order valence-electron chi connectivity index (χ1n) is 5.26. The van der Waals surface area contributed by atoms with Gasteiger partial charge in [0.05, 0.1) is 37.0 Å². The van der Waals surface area contributed by atoms with Crippen LogP contribution in [0.3, 0.4) is 0 Å². The molecule has 1 fully saturated rings. The lowest BCUT2D eigenvalue weighted by molar-refractivity contribution is 0.0346. The molecule has 16 heavy (non-hydrogen) atoms. The van der Waals surface area contributed by atoms with Crippen LogP contribution in [0.4, 0.5) is 0 Å². The summed E-state index contributed by atoms with van der Waals surface area (Å²) in [5, 5.41) is 0. The third-order valence-corrected chi connectivity index (χ3v) is 3.75. The molecule has 1 saturated heterocycles. The molecule has 0 saturated carbocycles. The van der Waals surface area contributed by atoms with Crippen LogP contribution >= 0.6 is 22.6 Å². The van der Waals surface area contributed by atoms with Crippen LogP contribution in [0, 0.1) is 0 Å². The molecule has 2 unspecified atom stereocenters. The van der Waals surface area contributed by atoms with Crippen molar-refractivity contribution in [2.24, 2.45) is 0 Å². The zero-order valence-corrected chi connectivity index (χ0v) is 11.3. The molecule has 1 aromatic carbocycles. The van der Waals surface area contributed by atoms with Crippen LogP contribution in [0.5, 0.6) is 5.75 Å². The number of benzene rings is 1. The summed E-state index contributed by atoms with van der Waals surface area (Å²) in [5.41, 5.74) is 1.16. The van der Waals surface area contributed by atoms with E-state index in [1.807, 2.05) is 24.3 Å². The molecule has 1 aliphatic rings. The average molecular weight is 334 g/mol. The van der Waals surface area contributed by atoms with Crippen molar-refractivity contribution < 1.29 is 14.2 Å². The Kier molecular flexibility index (Phi) is 4.43. The van der Waals surface area contributed by atoms with Gasteiger partial charge in [0, 0.05) is 0 Å². The van der Waals surface area contributed by atoms with E-state index in [4.69, 9.17) is 14.2 Å². The van der Waals surface area contributed by atoms with Crippen molar-refractivity contribution in [2.75, 3.05) is 20.3 Å². The molecule has 0 N–H and O–H groups in total. The van der Waals surface area contributed by atoms with Gasteiger partial charge in [-0.05, 0) is 17.7 Å². The maximum Gasteiger partial charge on any atom is 0.118 e. The summed E-state index contributed by atoms with van der Waals surface area (Å²) >= 11 is 2.38. The molecule has 2 atom stereocenters. The third-order valence-electron chi connectivity index (χ3n) is 2.59. The highest BCUT2D eigenvalue weighted by Crippen LogP contribution is 2.20. The summed E-state index contributed by atoms with van der Waals surface area (Å²) in [6.45, 7) is 2.15. The SMILES string of the molecule is COc1ccc(COC2COCC2I)cc1. The van der Waals surface area contributed by atoms with Crippen LogP contribution in [0.2, 0.25) is 0 Å². The van der Waals surface area contributed by atoms with E-state index in [1.165, 1.54) is 0 Å². The Balaban J connectivity index is 1.84. The van der Waals surface area contributed by atoms with Crippen molar-refractivity contribution in [1.82, 2.24) is 0 Å². The van der Waals surface area contributed by atoms with Crippen LogP contribution in [0.1, 0.15) is 5.56 Å². The van der Waals surface area contributed by atoms with E-state index in [-0.39, 0.29) is 6.10 Å². The van der Waals surface area contributed by atoms with Crippen molar-refractivity contribution in [1.29, 1.82) is 0 Å². The normalized spacial score (nSPS) is 24.6. The van der Waals surface area contributed by atoms with Gasteiger partial charge in [0.1, 0.15) is 5.75 Å². The number of halogens is 1. The van der Waals surface area contributed by atoms with Crippen LogP contribution in [-0.4, -0.2) is 30.4 Å². The Bertz CT molecular complexity index is 326. The van der Waals surface area contributed by atoms with Gasteiger partial charge in [0.2, 0.25) is 0 Å². The van der Waals surface area contributed by atoms with Gasteiger partial charge in [-0.3, -0.25) is 0 Å². The van der Waals surface area contributed by atoms with Crippen LogP contribution < -0.4 is 4.74 Å². The number of ether oxygens (including phenoxy) is 3. The molecule has 1 aliphatic heterocycles. The Hall–Kier alpha value is -0.330. The zero-order valence-electron chi connectivity index (χ0n) is 9.19. The maximum absolute atomic E-state index is 5.80. The molecule has 1 aromatic rings. The average Bonchev–Trinajstić information content (AvgIpc) is 2.73. The minimum absolute atomic E-state index is 0.225. The second kappa shape index (κ2) is 5.84. The lowest BCUT2D eigenvalue weighted by Gasteiger charge is -2.13. The number of rotatable bonds is 4. The second-order valence-electron chi connectivity index (χ2n) is 3.75. The van der Waals surface area contributed by atoms with Gasteiger partial charge < -0.3 is 14.2 Å². The smallest absolute Gasteiger partial charge is 0.118 e. The van der Waals surface area contributed by atoms with E-state index in [1.54, 1.807) is 7.11 Å². The Morgan fingerprint density at radius 3 is 2.62 bits per heavy atom. The lowest BCUT2D eigenvalue weighted by atomic mass is 10.2. The molecule has 0 bridgehead atoms.